The van der Waals surface area contributed by atoms with Gasteiger partial charge in [0.15, 0.2) is 0 Å². The molecule has 0 saturated heterocycles. The topological polar surface area (TPSA) is 27.7 Å². The van der Waals surface area contributed by atoms with Crippen LogP contribution >= 0.6 is 0 Å². The largest absolute Gasteiger partial charge is 0.482 e. The molecule has 0 aromatic heterocycles. The van der Waals surface area contributed by atoms with Crippen molar-refractivity contribution in [1.82, 2.24) is 0 Å². The van der Waals surface area contributed by atoms with Crippen LogP contribution in [0.4, 0.5) is 96.6 Å². The highest BCUT2D eigenvalue weighted by molar-refractivity contribution is 5.03. The van der Waals surface area contributed by atoms with Crippen molar-refractivity contribution in [1.29, 1.82) is 0 Å². The standard InChI is InChI=1S/C14H8F22O3/c15-5(16)7(19,9(21,22)23)3(1-37-13(33,34)11(27,28)29)39-4(2-38-14(35,36)12(30,31)32)8(20,6(17)18)10(24,25)26/h3-6H,1-2H2. The van der Waals surface area contributed by atoms with E-state index in [2.05, 4.69) is 14.2 Å². The van der Waals surface area contributed by atoms with Crippen LogP contribution in [0.1, 0.15) is 0 Å². The second kappa shape index (κ2) is 11.3. The van der Waals surface area contributed by atoms with E-state index in [0.29, 0.717) is 0 Å². The van der Waals surface area contributed by atoms with Gasteiger partial charge in [-0.1, -0.05) is 0 Å². The summed E-state index contributed by atoms with van der Waals surface area (Å²) in [7, 11) is 0. The number of ether oxygens (including phenoxy) is 3. The van der Waals surface area contributed by atoms with Crippen LogP contribution in [0.3, 0.4) is 0 Å². The molecule has 0 heterocycles. The van der Waals surface area contributed by atoms with Crippen LogP contribution in [0.25, 0.3) is 0 Å². The van der Waals surface area contributed by atoms with Crippen LogP contribution in [0.2, 0.25) is 0 Å². The summed E-state index contributed by atoms with van der Waals surface area (Å²) in [5, 5.41) is 0. The molecule has 0 saturated carbocycles. The predicted octanol–water partition coefficient (Wildman–Crippen LogP) is 7.16. The van der Waals surface area contributed by atoms with Gasteiger partial charge in [-0.25, -0.2) is 26.3 Å². The summed E-state index contributed by atoms with van der Waals surface area (Å²) in [6, 6.07) is 0. The normalized spacial score (nSPS) is 19.7. The summed E-state index contributed by atoms with van der Waals surface area (Å²) in [6.07, 6.45) is -64.5. The smallest absolute Gasteiger partial charge is 0.362 e. The van der Waals surface area contributed by atoms with Crippen molar-refractivity contribution in [2.75, 3.05) is 13.2 Å². The van der Waals surface area contributed by atoms with Crippen LogP contribution in [0.5, 0.6) is 0 Å². The third-order valence-corrected chi connectivity index (χ3v) is 4.26. The van der Waals surface area contributed by atoms with E-state index in [4.69, 9.17) is 0 Å². The molecule has 4 atom stereocenters. The zero-order chi connectivity index (χ0) is 31.8. The number of hydrogen-bond donors (Lipinski definition) is 0. The van der Waals surface area contributed by atoms with E-state index in [9.17, 15) is 96.6 Å². The Morgan fingerprint density at radius 1 is 0.385 bits per heavy atom. The molecule has 4 unspecified atom stereocenters. The minimum Gasteiger partial charge on any atom is -0.362 e. The molecule has 0 aliphatic carbocycles. The number of rotatable bonds is 12. The molecule has 0 rings (SSSR count). The molecule has 25 heteroatoms. The number of alkyl halides is 22. The molecule has 0 bridgehead atoms. The Labute approximate surface area is 198 Å². The van der Waals surface area contributed by atoms with Crippen molar-refractivity contribution in [2.45, 2.75) is 73.3 Å². The van der Waals surface area contributed by atoms with Crippen molar-refractivity contribution in [2.24, 2.45) is 0 Å². The van der Waals surface area contributed by atoms with Gasteiger partial charge in [0.2, 0.25) is 0 Å². The van der Waals surface area contributed by atoms with E-state index >= 15 is 0 Å². The van der Waals surface area contributed by atoms with E-state index in [1.165, 1.54) is 0 Å². The second-order valence-corrected chi connectivity index (χ2v) is 6.90. The molecule has 0 aliphatic heterocycles. The van der Waals surface area contributed by atoms with E-state index in [1.54, 1.807) is 0 Å². The molecule has 0 aromatic carbocycles. The van der Waals surface area contributed by atoms with Crippen LogP contribution in [0.15, 0.2) is 0 Å². The van der Waals surface area contributed by atoms with Crippen molar-refractivity contribution in [3.05, 3.63) is 0 Å². The maximum atomic E-state index is 14.3. The zero-order valence-corrected chi connectivity index (χ0v) is 17.3. The SMILES string of the molecule is FC(F)C(F)(C(COC(F)(F)C(F)(F)F)OC(COC(F)(F)C(F)(F)F)C(F)(C(F)F)C(F)(F)F)C(F)(F)F. The Balaban J connectivity index is 7.04. The molecular formula is C14H8F22O3. The Bertz CT molecular complexity index is 719. The fourth-order valence-electron chi connectivity index (χ4n) is 2.14. The minimum atomic E-state index is -7.36. The average Bonchev–Trinajstić information content (AvgIpc) is 2.68. The lowest BCUT2D eigenvalue weighted by atomic mass is 9.95. The third kappa shape index (κ3) is 7.75. The summed E-state index contributed by atoms with van der Waals surface area (Å²) in [6.45, 7) is -7.37. The molecule has 236 valence electrons. The lowest BCUT2D eigenvalue weighted by molar-refractivity contribution is -0.414. The number of halogens is 22. The molecule has 0 spiro atoms. The summed E-state index contributed by atoms with van der Waals surface area (Å²) in [5.41, 5.74) is -13.7. The Kier molecular flexibility index (Phi) is 10.8. The average molecular weight is 642 g/mol. The monoisotopic (exact) mass is 642 g/mol. The molecule has 0 N–H and O–H groups in total. The van der Waals surface area contributed by atoms with Crippen molar-refractivity contribution in [3.8, 4) is 0 Å². The van der Waals surface area contributed by atoms with E-state index in [-0.39, 0.29) is 0 Å². The highest BCUT2D eigenvalue weighted by Gasteiger charge is 2.73. The molecular weight excluding hydrogens is 634 g/mol. The van der Waals surface area contributed by atoms with E-state index in [0.717, 1.165) is 0 Å². The van der Waals surface area contributed by atoms with Crippen molar-refractivity contribution >= 4 is 0 Å². The highest BCUT2D eigenvalue weighted by Crippen LogP contribution is 2.49. The van der Waals surface area contributed by atoms with Gasteiger partial charge in [0.25, 0.3) is 24.2 Å². The second-order valence-electron chi connectivity index (χ2n) is 6.90. The molecule has 39 heavy (non-hydrogen) atoms. The first kappa shape index (κ1) is 37.3. The predicted molar refractivity (Wildman–Crippen MR) is 74.4 cm³/mol. The zero-order valence-electron chi connectivity index (χ0n) is 17.3. The lowest BCUT2D eigenvalue weighted by Gasteiger charge is -2.41. The summed E-state index contributed by atoms with van der Waals surface area (Å²) in [4.78, 5) is 0. The van der Waals surface area contributed by atoms with Crippen LogP contribution in [-0.4, -0.2) is 86.5 Å². The molecule has 0 aliphatic rings. The van der Waals surface area contributed by atoms with Gasteiger partial charge in [-0.15, -0.1) is 0 Å². The van der Waals surface area contributed by atoms with Gasteiger partial charge in [0.05, 0.1) is 13.2 Å². The van der Waals surface area contributed by atoms with Crippen molar-refractivity contribution < 1.29 is 111 Å². The van der Waals surface area contributed by atoms with Gasteiger partial charge in [-0.05, 0) is 0 Å². The fourth-order valence-corrected chi connectivity index (χ4v) is 2.14. The quantitative estimate of drug-likeness (QED) is 0.212. The van der Waals surface area contributed by atoms with Crippen molar-refractivity contribution in [3.63, 3.8) is 0 Å². The van der Waals surface area contributed by atoms with Gasteiger partial charge < -0.3 is 14.2 Å². The van der Waals surface area contributed by atoms with Gasteiger partial charge in [-0.2, -0.15) is 70.2 Å². The Morgan fingerprint density at radius 2 is 0.615 bits per heavy atom. The molecule has 0 aromatic rings. The molecule has 3 nitrogen and oxygen atoms in total. The highest BCUT2D eigenvalue weighted by atomic mass is 19.4. The first-order valence-electron chi connectivity index (χ1n) is 8.70. The van der Waals surface area contributed by atoms with Gasteiger partial charge in [-0.3, -0.25) is 0 Å². The first-order valence-corrected chi connectivity index (χ1v) is 8.70. The van der Waals surface area contributed by atoms with E-state index < -0.39 is 86.5 Å². The fraction of sp³-hybridized carbons (Fsp3) is 1.00. The third-order valence-electron chi connectivity index (χ3n) is 4.26. The van der Waals surface area contributed by atoms with Crippen LogP contribution < -0.4 is 0 Å². The maximum Gasteiger partial charge on any atom is 0.482 e. The van der Waals surface area contributed by atoms with Gasteiger partial charge in [0.1, 0.15) is 12.2 Å². The molecule has 0 amide bonds. The lowest BCUT2D eigenvalue weighted by Crippen LogP contribution is -2.65. The van der Waals surface area contributed by atoms with E-state index in [1.807, 2.05) is 0 Å². The Morgan fingerprint density at radius 3 is 0.769 bits per heavy atom. The number of hydrogen-bond acceptors (Lipinski definition) is 3. The summed E-state index contributed by atoms with van der Waals surface area (Å²) in [5.74, 6) is 0. The van der Waals surface area contributed by atoms with Crippen LogP contribution in [0, 0.1) is 0 Å². The van der Waals surface area contributed by atoms with Gasteiger partial charge in [0, 0.05) is 0 Å². The summed E-state index contributed by atoms with van der Waals surface area (Å²) < 4.78 is 290. The summed E-state index contributed by atoms with van der Waals surface area (Å²) >= 11 is 0. The molecule has 0 fully saturated rings. The van der Waals surface area contributed by atoms with Crippen LogP contribution in [-0.2, 0) is 14.2 Å². The Hall–Kier alpha value is -1.66. The maximum absolute atomic E-state index is 14.3. The first-order chi connectivity index (χ1) is 16.8. The minimum absolute atomic E-state index is 2.39. The molecule has 0 radical (unpaired) electrons. The van der Waals surface area contributed by atoms with Gasteiger partial charge >= 0.3 is 36.9 Å².